The van der Waals surface area contributed by atoms with E-state index in [1.807, 2.05) is 13.0 Å². The highest BCUT2D eigenvalue weighted by Crippen LogP contribution is 2.37. The molecule has 1 aliphatic rings. The zero-order valence-corrected chi connectivity index (χ0v) is 13.7. The van der Waals surface area contributed by atoms with Crippen LogP contribution in [-0.2, 0) is 0 Å². The Hall–Kier alpha value is -1.12. The lowest BCUT2D eigenvalue weighted by molar-refractivity contribution is 0.295. The maximum Gasteiger partial charge on any atom is 0.233 e. The van der Waals surface area contributed by atoms with Gasteiger partial charge in [0.2, 0.25) is 5.88 Å². The van der Waals surface area contributed by atoms with Crippen LogP contribution in [0.25, 0.3) is 0 Å². The lowest BCUT2D eigenvalue weighted by Crippen LogP contribution is -2.14. The van der Waals surface area contributed by atoms with Crippen molar-refractivity contribution in [1.29, 1.82) is 0 Å². The van der Waals surface area contributed by atoms with Crippen LogP contribution in [0.5, 0.6) is 5.88 Å². The van der Waals surface area contributed by atoms with E-state index in [0.717, 1.165) is 11.6 Å². The Morgan fingerprint density at radius 2 is 1.81 bits per heavy atom. The molecule has 0 aliphatic heterocycles. The van der Waals surface area contributed by atoms with Crippen molar-refractivity contribution in [3.8, 4) is 5.88 Å². The summed E-state index contributed by atoms with van der Waals surface area (Å²) >= 11 is 0. The predicted molar refractivity (Wildman–Crippen MR) is 86.7 cm³/mol. The van der Waals surface area contributed by atoms with Crippen LogP contribution in [0.1, 0.15) is 83.2 Å². The molecule has 3 nitrogen and oxygen atoms in total. The Morgan fingerprint density at radius 3 is 2.43 bits per heavy atom. The fraction of sp³-hybridized carbons (Fsp3) is 0.778. The maximum atomic E-state index is 5.36. The summed E-state index contributed by atoms with van der Waals surface area (Å²) in [5.41, 5.74) is 1.16. The molecule has 0 spiro atoms. The molecule has 1 aromatic heterocycles. The first-order valence-corrected chi connectivity index (χ1v) is 8.79. The summed E-state index contributed by atoms with van der Waals surface area (Å²) in [7, 11) is 0. The van der Waals surface area contributed by atoms with Crippen LogP contribution in [-0.4, -0.2) is 16.8 Å². The summed E-state index contributed by atoms with van der Waals surface area (Å²) in [5.74, 6) is 2.21. The van der Waals surface area contributed by atoms with Gasteiger partial charge in [0.1, 0.15) is 0 Å². The third-order valence-electron chi connectivity index (χ3n) is 4.68. The van der Waals surface area contributed by atoms with Gasteiger partial charge in [0.05, 0.1) is 12.3 Å². The van der Waals surface area contributed by atoms with Gasteiger partial charge in [0.25, 0.3) is 0 Å². The maximum absolute atomic E-state index is 5.36. The molecule has 1 fully saturated rings. The Bertz CT molecular complexity index is 383. The van der Waals surface area contributed by atoms with Crippen molar-refractivity contribution in [2.24, 2.45) is 5.92 Å². The van der Waals surface area contributed by atoms with Crippen LogP contribution in [0.2, 0.25) is 0 Å². The van der Waals surface area contributed by atoms with Gasteiger partial charge < -0.3 is 4.74 Å². The summed E-state index contributed by atoms with van der Waals surface area (Å²) in [5, 5.41) is 8.52. The van der Waals surface area contributed by atoms with Gasteiger partial charge in [-0.1, -0.05) is 39.0 Å². The van der Waals surface area contributed by atoms with E-state index in [1.165, 1.54) is 57.8 Å². The SMILES string of the molecule is CCCCCC[C@H]1CC[C@H](c2ccc(OCC)nn2)CC1. The number of nitrogens with zero attached hydrogens (tertiary/aromatic N) is 2. The summed E-state index contributed by atoms with van der Waals surface area (Å²) < 4.78 is 5.36. The van der Waals surface area contributed by atoms with Crippen molar-refractivity contribution < 1.29 is 4.74 Å². The molecule has 3 heteroatoms. The lowest BCUT2D eigenvalue weighted by atomic mass is 9.78. The van der Waals surface area contributed by atoms with Gasteiger partial charge >= 0.3 is 0 Å². The molecule has 0 N–H and O–H groups in total. The molecular formula is C18H30N2O. The van der Waals surface area contributed by atoms with Crippen LogP contribution in [0.15, 0.2) is 12.1 Å². The average molecular weight is 290 g/mol. The molecule has 0 unspecified atom stereocenters. The van der Waals surface area contributed by atoms with E-state index in [0.29, 0.717) is 18.4 Å². The Morgan fingerprint density at radius 1 is 1.00 bits per heavy atom. The smallest absolute Gasteiger partial charge is 0.233 e. The minimum absolute atomic E-state index is 0.611. The number of hydrogen-bond donors (Lipinski definition) is 0. The number of unbranched alkanes of at least 4 members (excludes halogenated alkanes) is 3. The summed E-state index contributed by atoms with van der Waals surface area (Å²) in [6.07, 6.45) is 12.3. The van der Waals surface area contributed by atoms with E-state index in [-0.39, 0.29) is 0 Å². The Labute approximate surface area is 129 Å². The zero-order chi connectivity index (χ0) is 14.9. The molecule has 1 saturated carbocycles. The fourth-order valence-electron chi connectivity index (χ4n) is 3.38. The first-order valence-electron chi connectivity index (χ1n) is 8.79. The van der Waals surface area contributed by atoms with Crippen LogP contribution < -0.4 is 4.74 Å². The number of rotatable bonds is 8. The largest absolute Gasteiger partial charge is 0.477 e. The molecule has 2 rings (SSSR count). The van der Waals surface area contributed by atoms with Crippen LogP contribution >= 0.6 is 0 Å². The molecule has 0 atom stereocenters. The van der Waals surface area contributed by atoms with Gasteiger partial charge in [-0.25, -0.2) is 0 Å². The van der Waals surface area contributed by atoms with Crippen molar-refractivity contribution in [1.82, 2.24) is 10.2 Å². The molecule has 0 radical (unpaired) electrons. The molecule has 0 saturated heterocycles. The molecule has 118 valence electrons. The summed E-state index contributed by atoms with van der Waals surface area (Å²) in [6.45, 7) is 4.90. The second-order valence-corrected chi connectivity index (χ2v) is 6.30. The number of hydrogen-bond acceptors (Lipinski definition) is 3. The van der Waals surface area contributed by atoms with E-state index in [1.54, 1.807) is 0 Å². The highest BCUT2D eigenvalue weighted by molar-refractivity contribution is 5.15. The Balaban J connectivity index is 1.73. The molecular weight excluding hydrogens is 260 g/mol. The van der Waals surface area contributed by atoms with Crippen molar-refractivity contribution in [3.05, 3.63) is 17.8 Å². The highest BCUT2D eigenvalue weighted by Gasteiger charge is 2.23. The Kier molecular flexibility index (Phi) is 6.98. The van der Waals surface area contributed by atoms with Crippen molar-refractivity contribution in [2.45, 2.75) is 77.6 Å². The minimum atomic E-state index is 0.611. The van der Waals surface area contributed by atoms with E-state index in [9.17, 15) is 0 Å². The predicted octanol–water partition coefficient (Wildman–Crippen LogP) is 5.12. The summed E-state index contributed by atoms with van der Waals surface area (Å²) in [6, 6.07) is 4.06. The molecule has 21 heavy (non-hydrogen) atoms. The molecule has 0 aromatic carbocycles. The zero-order valence-electron chi connectivity index (χ0n) is 13.7. The van der Waals surface area contributed by atoms with Gasteiger partial charge in [-0.3, -0.25) is 0 Å². The van der Waals surface area contributed by atoms with Gasteiger partial charge in [-0.2, -0.15) is 5.10 Å². The van der Waals surface area contributed by atoms with Crippen LogP contribution in [0.3, 0.4) is 0 Å². The first-order chi connectivity index (χ1) is 10.3. The van der Waals surface area contributed by atoms with E-state index >= 15 is 0 Å². The lowest BCUT2D eigenvalue weighted by Gasteiger charge is -2.28. The van der Waals surface area contributed by atoms with Gasteiger partial charge in [-0.05, 0) is 44.6 Å². The molecule has 1 aliphatic carbocycles. The van der Waals surface area contributed by atoms with Crippen molar-refractivity contribution in [2.75, 3.05) is 6.61 Å². The van der Waals surface area contributed by atoms with Gasteiger partial charge in [0, 0.05) is 12.0 Å². The average Bonchev–Trinajstić information content (AvgIpc) is 2.53. The normalized spacial score (nSPS) is 22.2. The second-order valence-electron chi connectivity index (χ2n) is 6.30. The quantitative estimate of drug-likeness (QED) is 0.623. The monoisotopic (exact) mass is 290 g/mol. The van der Waals surface area contributed by atoms with Gasteiger partial charge in [0.15, 0.2) is 0 Å². The van der Waals surface area contributed by atoms with E-state index < -0.39 is 0 Å². The highest BCUT2D eigenvalue weighted by atomic mass is 16.5. The van der Waals surface area contributed by atoms with E-state index in [4.69, 9.17) is 4.74 Å². The summed E-state index contributed by atoms with van der Waals surface area (Å²) in [4.78, 5) is 0. The number of ether oxygens (including phenoxy) is 1. The fourth-order valence-corrected chi connectivity index (χ4v) is 3.38. The van der Waals surface area contributed by atoms with E-state index in [2.05, 4.69) is 23.2 Å². The first kappa shape index (κ1) is 16.3. The minimum Gasteiger partial charge on any atom is -0.477 e. The van der Waals surface area contributed by atoms with Crippen LogP contribution in [0, 0.1) is 5.92 Å². The second kappa shape index (κ2) is 9.01. The molecule has 1 aromatic rings. The number of aromatic nitrogens is 2. The van der Waals surface area contributed by atoms with Crippen molar-refractivity contribution >= 4 is 0 Å². The van der Waals surface area contributed by atoms with Crippen LogP contribution in [0.4, 0.5) is 0 Å². The van der Waals surface area contributed by atoms with Gasteiger partial charge in [-0.15, -0.1) is 5.10 Å². The van der Waals surface area contributed by atoms with Crippen molar-refractivity contribution in [3.63, 3.8) is 0 Å². The topological polar surface area (TPSA) is 35.0 Å². The third kappa shape index (κ3) is 5.29. The molecule has 0 bridgehead atoms. The molecule has 0 amide bonds. The molecule has 1 heterocycles. The standard InChI is InChI=1S/C18H30N2O/c1-3-5-6-7-8-15-9-11-16(12-10-15)17-13-14-18(20-19-17)21-4-2/h13-16H,3-12H2,1-2H3/t15-,16-. The third-order valence-corrected chi connectivity index (χ3v) is 4.68.